The van der Waals surface area contributed by atoms with E-state index in [0.29, 0.717) is 19.5 Å². The van der Waals surface area contributed by atoms with Crippen molar-refractivity contribution in [2.75, 3.05) is 13.6 Å². The Morgan fingerprint density at radius 2 is 2.04 bits per heavy atom. The molecule has 0 fully saturated rings. The summed E-state index contributed by atoms with van der Waals surface area (Å²) in [5.74, 6) is 0.930. The second kappa shape index (κ2) is 6.91. The molecule has 24 heavy (non-hydrogen) atoms. The van der Waals surface area contributed by atoms with Gasteiger partial charge in [0.1, 0.15) is 11.9 Å². The number of fused-ring (bicyclic) bond motifs is 1. The van der Waals surface area contributed by atoms with Gasteiger partial charge in [-0.05, 0) is 24.6 Å². The van der Waals surface area contributed by atoms with Gasteiger partial charge in [0.05, 0.1) is 6.54 Å². The summed E-state index contributed by atoms with van der Waals surface area (Å²) in [4.78, 5) is 25.9. The Bertz CT molecular complexity index is 772. The third-order valence-electron chi connectivity index (χ3n) is 4.43. The summed E-state index contributed by atoms with van der Waals surface area (Å²) in [5, 5.41) is 0. The zero-order valence-corrected chi connectivity index (χ0v) is 14.1. The van der Waals surface area contributed by atoms with Crippen LogP contribution in [0, 0.1) is 6.92 Å². The molecule has 2 heterocycles. The maximum absolute atomic E-state index is 12.4. The minimum Gasteiger partial charge on any atom is -0.488 e. The van der Waals surface area contributed by atoms with E-state index in [1.54, 1.807) is 22.6 Å². The molecule has 126 valence electrons. The van der Waals surface area contributed by atoms with Crippen molar-refractivity contribution in [2.24, 2.45) is 0 Å². The number of hydrogen-bond donors (Lipinski definition) is 0. The van der Waals surface area contributed by atoms with E-state index in [9.17, 15) is 9.59 Å². The lowest BCUT2D eigenvalue weighted by atomic mass is 10.1. The molecule has 0 saturated heterocycles. The molecular weight excluding hydrogens is 304 g/mol. The monoisotopic (exact) mass is 326 g/mol. The number of benzene rings is 1. The standard InChI is InChI=1S/C19H22N2O3/c1-14-6-5-9-19(23)21(14)11-10-18(22)20(2)13-16-12-15-7-3-4-8-17(15)24-16/h3-9,16H,10-13H2,1-2H3/t16-/m1/s1. The van der Waals surface area contributed by atoms with Gasteiger partial charge in [0.25, 0.3) is 5.56 Å². The van der Waals surface area contributed by atoms with E-state index in [1.165, 1.54) is 11.6 Å². The molecular formula is C19H22N2O3. The number of aromatic nitrogens is 1. The molecule has 0 radical (unpaired) electrons. The number of hydrogen-bond acceptors (Lipinski definition) is 3. The highest BCUT2D eigenvalue weighted by Crippen LogP contribution is 2.28. The summed E-state index contributed by atoms with van der Waals surface area (Å²) in [6.07, 6.45) is 1.13. The van der Waals surface area contributed by atoms with E-state index in [1.807, 2.05) is 31.2 Å². The average Bonchev–Trinajstić information content (AvgIpc) is 2.96. The minimum absolute atomic E-state index is 0.00228. The number of ether oxygens (including phenoxy) is 1. The van der Waals surface area contributed by atoms with E-state index < -0.39 is 0 Å². The van der Waals surface area contributed by atoms with E-state index >= 15 is 0 Å². The lowest BCUT2D eigenvalue weighted by Crippen LogP contribution is -2.37. The molecule has 5 heteroatoms. The van der Waals surface area contributed by atoms with Gasteiger partial charge in [0.2, 0.25) is 5.91 Å². The van der Waals surface area contributed by atoms with Crippen LogP contribution in [0.25, 0.3) is 0 Å². The van der Waals surface area contributed by atoms with Crippen LogP contribution in [0.5, 0.6) is 5.75 Å². The van der Waals surface area contributed by atoms with Gasteiger partial charge in [-0.2, -0.15) is 0 Å². The van der Waals surface area contributed by atoms with Gasteiger partial charge in [-0.3, -0.25) is 9.59 Å². The van der Waals surface area contributed by atoms with Crippen molar-refractivity contribution in [3.63, 3.8) is 0 Å². The number of pyridine rings is 1. The van der Waals surface area contributed by atoms with E-state index in [-0.39, 0.29) is 17.6 Å². The first-order chi connectivity index (χ1) is 11.5. The van der Waals surface area contributed by atoms with E-state index in [4.69, 9.17) is 4.74 Å². The summed E-state index contributed by atoms with van der Waals surface area (Å²) in [7, 11) is 1.79. The molecule has 1 atom stereocenters. The van der Waals surface area contributed by atoms with Crippen molar-refractivity contribution in [3.05, 3.63) is 64.1 Å². The molecule has 0 spiro atoms. The zero-order valence-electron chi connectivity index (χ0n) is 14.1. The molecule has 1 amide bonds. The van der Waals surface area contributed by atoms with Crippen molar-refractivity contribution >= 4 is 5.91 Å². The number of amides is 1. The van der Waals surface area contributed by atoms with Crippen LogP contribution >= 0.6 is 0 Å². The SMILES string of the molecule is Cc1cccc(=O)n1CCC(=O)N(C)C[C@H]1Cc2ccccc2O1. The summed E-state index contributed by atoms with van der Waals surface area (Å²) < 4.78 is 7.51. The number of likely N-dealkylation sites (N-methyl/N-ethyl adjacent to an activating group) is 1. The quantitative estimate of drug-likeness (QED) is 0.844. The molecule has 0 unspecified atom stereocenters. The van der Waals surface area contributed by atoms with Crippen LogP contribution in [0.1, 0.15) is 17.7 Å². The molecule has 0 bridgehead atoms. The van der Waals surface area contributed by atoms with Gasteiger partial charge in [-0.25, -0.2) is 0 Å². The van der Waals surface area contributed by atoms with Crippen LogP contribution in [0.3, 0.4) is 0 Å². The van der Waals surface area contributed by atoms with Gasteiger partial charge < -0.3 is 14.2 Å². The van der Waals surface area contributed by atoms with Crippen LogP contribution in [0.2, 0.25) is 0 Å². The molecule has 1 aromatic carbocycles. The van der Waals surface area contributed by atoms with Crippen LogP contribution in [0.15, 0.2) is 47.3 Å². The fourth-order valence-electron chi connectivity index (χ4n) is 3.07. The number of carbonyl (C=O) groups is 1. The van der Waals surface area contributed by atoms with Gasteiger partial charge in [-0.15, -0.1) is 0 Å². The summed E-state index contributed by atoms with van der Waals surface area (Å²) in [6.45, 7) is 2.83. The van der Waals surface area contributed by atoms with Crippen molar-refractivity contribution in [3.8, 4) is 5.75 Å². The van der Waals surface area contributed by atoms with E-state index in [2.05, 4.69) is 6.07 Å². The average molecular weight is 326 g/mol. The van der Waals surface area contributed by atoms with Gasteiger partial charge in [-0.1, -0.05) is 24.3 Å². The summed E-state index contributed by atoms with van der Waals surface area (Å²) in [5.41, 5.74) is 1.99. The lowest BCUT2D eigenvalue weighted by molar-refractivity contribution is -0.131. The highest BCUT2D eigenvalue weighted by molar-refractivity contribution is 5.75. The molecule has 1 aliphatic heterocycles. The summed E-state index contributed by atoms with van der Waals surface area (Å²) >= 11 is 0. The Balaban J connectivity index is 1.54. The summed E-state index contributed by atoms with van der Waals surface area (Å²) in [6, 6.07) is 13.1. The molecule has 0 aliphatic carbocycles. The Morgan fingerprint density at radius 3 is 2.79 bits per heavy atom. The van der Waals surface area contributed by atoms with Crippen LogP contribution < -0.4 is 10.3 Å². The van der Waals surface area contributed by atoms with Crippen molar-refractivity contribution < 1.29 is 9.53 Å². The number of nitrogens with zero attached hydrogens (tertiary/aromatic N) is 2. The van der Waals surface area contributed by atoms with Crippen LogP contribution in [-0.4, -0.2) is 35.1 Å². The van der Waals surface area contributed by atoms with Crippen LogP contribution in [-0.2, 0) is 17.8 Å². The van der Waals surface area contributed by atoms with Crippen LogP contribution in [0.4, 0.5) is 0 Å². The van der Waals surface area contributed by atoms with E-state index in [0.717, 1.165) is 17.9 Å². The Morgan fingerprint density at radius 1 is 1.25 bits per heavy atom. The first-order valence-electron chi connectivity index (χ1n) is 8.19. The molecule has 0 N–H and O–H groups in total. The third kappa shape index (κ3) is 3.50. The second-order valence-electron chi connectivity index (χ2n) is 6.23. The molecule has 5 nitrogen and oxygen atoms in total. The zero-order chi connectivity index (χ0) is 17.1. The highest BCUT2D eigenvalue weighted by Gasteiger charge is 2.24. The lowest BCUT2D eigenvalue weighted by Gasteiger charge is -2.21. The molecule has 1 aliphatic rings. The van der Waals surface area contributed by atoms with Gasteiger partial charge in [0, 0.05) is 38.2 Å². The molecule has 1 aromatic heterocycles. The highest BCUT2D eigenvalue weighted by atomic mass is 16.5. The topological polar surface area (TPSA) is 51.5 Å². The first-order valence-corrected chi connectivity index (χ1v) is 8.19. The Kier molecular flexibility index (Phi) is 4.69. The van der Waals surface area contributed by atoms with Crippen molar-refractivity contribution in [1.29, 1.82) is 0 Å². The van der Waals surface area contributed by atoms with Crippen molar-refractivity contribution in [2.45, 2.75) is 32.4 Å². The second-order valence-corrected chi connectivity index (χ2v) is 6.23. The fourth-order valence-corrected chi connectivity index (χ4v) is 3.07. The van der Waals surface area contributed by atoms with Gasteiger partial charge >= 0.3 is 0 Å². The maximum atomic E-state index is 12.4. The third-order valence-corrected chi connectivity index (χ3v) is 4.43. The normalized spacial score (nSPS) is 15.7. The number of carbonyl (C=O) groups excluding carboxylic acids is 1. The molecule has 2 aromatic rings. The predicted octanol–water partition coefficient (Wildman–Crippen LogP) is 2.01. The minimum atomic E-state index is -0.0694. The Hall–Kier alpha value is -2.56. The van der Waals surface area contributed by atoms with Crippen molar-refractivity contribution in [1.82, 2.24) is 9.47 Å². The largest absolute Gasteiger partial charge is 0.488 e. The number of rotatable bonds is 5. The molecule has 3 rings (SSSR count). The molecule has 0 saturated carbocycles. The first kappa shape index (κ1) is 16.3. The Labute approximate surface area is 141 Å². The smallest absolute Gasteiger partial charge is 0.250 e. The fraction of sp³-hybridized carbons (Fsp3) is 0.368. The van der Waals surface area contributed by atoms with Gasteiger partial charge in [0.15, 0.2) is 0 Å². The number of para-hydroxylation sites is 1. The number of aryl methyl sites for hydroxylation is 1. The predicted molar refractivity (Wildman–Crippen MR) is 92.3 cm³/mol. The maximum Gasteiger partial charge on any atom is 0.250 e.